The van der Waals surface area contributed by atoms with Crippen LogP contribution in [-0.2, 0) is 6.42 Å². The standard InChI is InChI=1S/C20H19FN2O2/c21-17-10-5-4-7-15(17)12-13-22-20(24)23-19(18-11-6-14-25-18)16-8-2-1-3-9-16/h1-11,14,19H,12-13H2,(H2,22,23,24). The predicted octanol–water partition coefficient (Wildman–Crippen LogP) is 4.05. The van der Waals surface area contributed by atoms with Crippen molar-refractivity contribution in [1.82, 2.24) is 10.6 Å². The van der Waals surface area contributed by atoms with Crippen LogP contribution in [0.3, 0.4) is 0 Å². The second kappa shape index (κ2) is 8.15. The van der Waals surface area contributed by atoms with Crippen LogP contribution < -0.4 is 10.6 Å². The van der Waals surface area contributed by atoms with Crippen LogP contribution in [0.25, 0.3) is 0 Å². The third-order valence-electron chi connectivity index (χ3n) is 3.87. The molecule has 0 radical (unpaired) electrons. The summed E-state index contributed by atoms with van der Waals surface area (Å²) in [4.78, 5) is 12.2. The van der Waals surface area contributed by atoms with E-state index >= 15 is 0 Å². The van der Waals surface area contributed by atoms with Crippen LogP contribution in [-0.4, -0.2) is 12.6 Å². The summed E-state index contributed by atoms with van der Waals surface area (Å²) >= 11 is 0. The van der Waals surface area contributed by atoms with E-state index in [1.165, 1.54) is 6.07 Å². The van der Waals surface area contributed by atoms with Crippen molar-refractivity contribution in [3.8, 4) is 0 Å². The molecule has 1 heterocycles. The van der Waals surface area contributed by atoms with E-state index in [1.54, 1.807) is 30.5 Å². The lowest BCUT2D eigenvalue weighted by Crippen LogP contribution is -2.39. The molecule has 0 bridgehead atoms. The van der Waals surface area contributed by atoms with Gasteiger partial charge in [-0.25, -0.2) is 9.18 Å². The molecule has 2 N–H and O–H groups in total. The van der Waals surface area contributed by atoms with Gasteiger partial charge in [0.05, 0.1) is 6.26 Å². The molecule has 25 heavy (non-hydrogen) atoms. The molecule has 3 aromatic rings. The van der Waals surface area contributed by atoms with Crippen LogP contribution in [0.2, 0.25) is 0 Å². The highest BCUT2D eigenvalue weighted by atomic mass is 19.1. The maximum Gasteiger partial charge on any atom is 0.315 e. The minimum atomic E-state index is -0.385. The molecule has 3 rings (SSSR count). The zero-order valence-corrected chi connectivity index (χ0v) is 13.6. The summed E-state index contributed by atoms with van der Waals surface area (Å²) in [6.45, 7) is 0.340. The van der Waals surface area contributed by atoms with E-state index < -0.39 is 0 Å². The monoisotopic (exact) mass is 338 g/mol. The number of carbonyl (C=O) groups excluding carboxylic acids is 1. The maximum absolute atomic E-state index is 13.6. The van der Waals surface area contributed by atoms with Crippen LogP contribution in [0.1, 0.15) is 22.9 Å². The lowest BCUT2D eigenvalue weighted by Gasteiger charge is -2.17. The van der Waals surface area contributed by atoms with E-state index in [4.69, 9.17) is 4.42 Å². The molecule has 0 spiro atoms. The Morgan fingerprint density at radius 2 is 1.76 bits per heavy atom. The molecule has 4 nitrogen and oxygen atoms in total. The molecule has 2 amide bonds. The average Bonchev–Trinajstić information content (AvgIpc) is 3.16. The van der Waals surface area contributed by atoms with Gasteiger partial charge in [-0.15, -0.1) is 0 Å². The van der Waals surface area contributed by atoms with E-state index in [2.05, 4.69) is 10.6 Å². The van der Waals surface area contributed by atoms with E-state index in [-0.39, 0.29) is 17.9 Å². The first kappa shape index (κ1) is 16.8. The van der Waals surface area contributed by atoms with Gasteiger partial charge in [-0.2, -0.15) is 0 Å². The van der Waals surface area contributed by atoms with Crippen molar-refractivity contribution in [3.05, 3.63) is 95.7 Å². The quantitative estimate of drug-likeness (QED) is 0.712. The summed E-state index contributed by atoms with van der Waals surface area (Å²) in [5.41, 5.74) is 1.50. The Morgan fingerprint density at radius 1 is 1.00 bits per heavy atom. The van der Waals surface area contributed by atoms with Crippen molar-refractivity contribution in [2.24, 2.45) is 0 Å². The molecule has 5 heteroatoms. The predicted molar refractivity (Wildman–Crippen MR) is 93.6 cm³/mol. The molecular weight excluding hydrogens is 319 g/mol. The zero-order valence-electron chi connectivity index (χ0n) is 13.6. The van der Waals surface area contributed by atoms with Crippen molar-refractivity contribution >= 4 is 6.03 Å². The summed E-state index contributed by atoms with van der Waals surface area (Å²) in [5.74, 6) is 0.387. The number of rotatable bonds is 6. The third-order valence-corrected chi connectivity index (χ3v) is 3.87. The Labute approximate surface area is 145 Å². The Hall–Kier alpha value is -3.08. The van der Waals surface area contributed by atoms with E-state index in [0.29, 0.717) is 24.3 Å². The summed E-state index contributed by atoms with van der Waals surface area (Å²) in [6, 6.07) is 19.0. The Bertz CT molecular complexity index is 804. The number of halogens is 1. The van der Waals surface area contributed by atoms with E-state index in [0.717, 1.165) is 5.56 Å². The van der Waals surface area contributed by atoms with Crippen molar-refractivity contribution in [1.29, 1.82) is 0 Å². The van der Waals surface area contributed by atoms with Gasteiger partial charge in [0, 0.05) is 6.54 Å². The smallest absolute Gasteiger partial charge is 0.315 e. The lowest BCUT2D eigenvalue weighted by atomic mass is 10.1. The van der Waals surface area contributed by atoms with Gasteiger partial charge in [0.25, 0.3) is 0 Å². The van der Waals surface area contributed by atoms with Crippen LogP contribution in [0.5, 0.6) is 0 Å². The fourth-order valence-electron chi connectivity index (χ4n) is 2.61. The van der Waals surface area contributed by atoms with Gasteiger partial charge in [0.15, 0.2) is 0 Å². The Kier molecular flexibility index (Phi) is 5.46. The van der Waals surface area contributed by atoms with E-state index in [1.807, 2.05) is 36.4 Å². The first-order valence-electron chi connectivity index (χ1n) is 8.10. The molecular formula is C20H19FN2O2. The second-order valence-electron chi connectivity index (χ2n) is 5.60. The zero-order chi connectivity index (χ0) is 17.5. The molecule has 0 aliphatic rings. The lowest BCUT2D eigenvalue weighted by molar-refractivity contribution is 0.237. The number of hydrogen-bond donors (Lipinski definition) is 2. The van der Waals surface area contributed by atoms with Gasteiger partial charge < -0.3 is 15.1 Å². The van der Waals surface area contributed by atoms with Crippen LogP contribution in [0, 0.1) is 5.82 Å². The molecule has 0 saturated heterocycles. The molecule has 0 saturated carbocycles. The summed E-state index contributed by atoms with van der Waals surface area (Å²) in [7, 11) is 0. The molecule has 2 aromatic carbocycles. The minimum absolute atomic E-state index is 0.262. The molecule has 1 aromatic heterocycles. The van der Waals surface area contributed by atoms with Gasteiger partial charge >= 0.3 is 6.03 Å². The summed E-state index contributed by atoms with van der Waals surface area (Å²) in [6.07, 6.45) is 2.00. The maximum atomic E-state index is 13.6. The highest BCUT2D eigenvalue weighted by molar-refractivity contribution is 5.74. The largest absolute Gasteiger partial charge is 0.467 e. The topological polar surface area (TPSA) is 54.3 Å². The Morgan fingerprint density at radius 3 is 2.48 bits per heavy atom. The number of urea groups is 1. The SMILES string of the molecule is O=C(NCCc1ccccc1F)NC(c1ccccc1)c1ccco1. The van der Waals surface area contributed by atoms with Gasteiger partial charge in [0.1, 0.15) is 17.6 Å². The number of furan rings is 1. The highest BCUT2D eigenvalue weighted by Gasteiger charge is 2.18. The Balaban J connectivity index is 1.60. The number of amides is 2. The highest BCUT2D eigenvalue weighted by Crippen LogP contribution is 2.22. The molecule has 0 aliphatic heterocycles. The van der Waals surface area contributed by atoms with Crippen LogP contribution in [0.4, 0.5) is 9.18 Å². The van der Waals surface area contributed by atoms with Crippen LogP contribution in [0.15, 0.2) is 77.4 Å². The third kappa shape index (κ3) is 4.47. The molecule has 128 valence electrons. The number of carbonyl (C=O) groups is 1. The van der Waals surface area contributed by atoms with Crippen molar-refractivity contribution in [3.63, 3.8) is 0 Å². The number of benzene rings is 2. The molecule has 1 unspecified atom stereocenters. The van der Waals surface area contributed by atoms with Crippen molar-refractivity contribution < 1.29 is 13.6 Å². The van der Waals surface area contributed by atoms with Crippen molar-refractivity contribution in [2.45, 2.75) is 12.5 Å². The number of nitrogens with one attached hydrogen (secondary N) is 2. The molecule has 1 atom stereocenters. The fraction of sp³-hybridized carbons (Fsp3) is 0.150. The van der Waals surface area contributed by atoms with Crippen molar-refractivity contribution in [2.75, 3.05) is 6.54 Å². The first-order chi connectivity index (χ1) is 12.2. The fourth-order valence-corrected chi connectivity index (χ4v) is 2.61. The van der Waals surface area contributed by atoms with Gasteiger partial charge in [0.2, 0.25) is 0 Å². The molecule has 0 aliphatic carbocycles. The minimum Gasteiger partial charge on any atom is -0.467 e. The van der Waals surface area contributed by atoms with E-state index in [9.17, 15) is 9.18 Å². The summed E-state index contributed by atoms with van der Waals surface area (Å²) < 4.78 is 19.0. The van der Waals surface area contributed by atoms with Gasteiger partial charge in [-0.3, -0.25) is 0 Å². The number of hydrogen-bond acceptors (Lipinski definition) is 2. The summed E-state index contributed by atoms with van der Waals surface area (Å²) in [5, 5.41) is 5.66. The first-order valence-corrected chi connectivity index (χ1v) is 8.10. The normalized spacial score (nSPS) is 11.7. The van der Waals surface area contributed by atoms with Gasteiger partial charge in [-0.1, -0.05) is 48.5 Å². The molecule has 0 fully saturated rings. The second-order valence-corrected chi connectivity index (χ2v) is 5.60. The average molecular weight is 338 g/mol. The van der Waals surface area contributed by atoms with Gasteiger partial charge in [-0.05, 0) is 35.7 Å². The van der Waals surface area contributed by atoms with Crippen LogP contribution >= 0.6 is 0 Å².